The van der Waals surface area contributed by atoms with Crippen LogP contribution in [0.3, 0.4) is 0 Å². The predicted octanol–water partition coefficient (Wildman–Crippen LogP) is 4.51. The van der Waals surface area contributed by atoms with Crippen LogP contribution in [0.15, 0.2) is 33.8 Å². The first-order valence-corrected chi connectivity index (χ1v) is 8.59. The van der Waals surface area contributed by atoms with E-state index in [1.54, 1.807) is 13.3 Å². The highest BCUT2D eigenvalue weighted by atomic mass is 16.5. The third kappa shape index (κ3) is 5.96. The van der Waals surface area contributed by atoms with Crippen LogP contribution in [0.25, 0.3) is 0 Å². The maximum Gasteiger partial charge on any atom is 0.252 e. The van der Waals surface area contributed by atoms with Crippen LogP contribution in [0, 0.1) is 11.3 Å². The number of anilines is 1. The Hall–Kier alpha value is -2.81. The summed E-state index contributed by atoms with van der Waals surface area (Å²) in [6.45, 7) is 2.19. The fourth-order valence-electron chi connectivity index (χ4n) is 2.36. The molecule has 0 amide bonds. The van der Waals surface area contributed by atoms with Gasteiger partial charge in [0.05, 0.1) is 13.3 Å². The number of nitrogens with zero attached hydrogens (tertiary/aromatic N) is 3. The van der Waals surface area contributed by atoms with Crippen molar-refractivity contribution in [3.63, 3.8) is 0 Å². The summed E-state index contributed by atoms with van der Waals surface area (Å²) in [4.78, 5) is 4.21. The van der Waals surface area contributed by atoms with Gasteiger partial charge in [-0.25, -0.2) is 10.4 Å². The van der Waals surface area contributed by atoms with E-state index in [9.17, 15) is 0 Å². The zero-order valence-corrected chi connectivity index (χ0v) is 14.8. The van der Waals surface area contributed by atoms with Gasteiger partial charge < -0.3 is 9.15 Å². The molecule has 1 aromatic carbocycles. The van der Waals surface area contributed by atoms with Gasteiger partial charge in [0, 0.05) is 6.42 Å². The van der Waals surface area contributed by atoms with Crippen LogP contribution in [-0.4, -0.2) is 18.3 Å². The lowest BCUT2D eigenvalue weighted by Crippen LogP contribution is -1.91. The number of ether oxygens (including phenoxy) is 1. The molecule has 1 aromatic heterocycles. The minimum absolute atomic E-state index is 0.232. The summed E-state index contributed by atoms with van der Waals surface area (Å²) in [5, 5.41) is 13.3. The average molecular weight is 340 g/mol. The van der Waals surface area contributed by atoms with Crippen LogP contribution in [0.1, 0.15) is 56.2 Å². The lowest BCUT2D eigenvalue weighted by Gasteiger charge is -1.99. The van der Waals surface area contributed by atoms with Gasteiger partial charge in [-0.15, -0.1) is 0 Å². The van der Waals surface area contributed by atoms with Crippen LogP contribution in [0.5, 0.6) is 5.75 Å². The highest BCUT2D eigenvalue weighted by Crippen LogP contribution is 2.18. The molecular weight excluding hydrogens is 316 g/mol. The van der Waals surface area contributed by atoms with Gasteiger partial charge in [-0.05, 0) is 36.2 Å². The first kappa shape index (κ1) is 18.5. The molecule has 0 unspecified atom stereocenters. The molecule has 2 rings (SSSR count). The number of methoxy groups -OCH3 is 1. The smallest absolute Gasteiger partial charge is 0.252 e. The molecule has 0 saturated carbocycles. The molecule has 25 heavy (non-hydrogen) atoms. The highest BCUT2D eigenvalue weighted by Gasteiger charge is 2.12. The normalized spacial score (nSPS) is 10.8. The van der Waals surface area contributed by atoms with Crippen molar-refractivity contribution in [2.45, 2.75) is 45.4 Å². The molecule has 0 aliphatic heterocycles. The third-order valence-electron chi connectivity index (χ3n) is 3.77. The lowest BCUT2D eigenvalue weighted by molar-refractivity contribution is 0.415. The number of benzene rings is 1. The predicted molar refractivity (Wildman–Crippen MR) is 97.9 cm³/mol. The minimum Gasteiger partial charge on any atom is -0.497 e. The maximum atomic E-state index is 9.17. The van der Waals surface area contributed by atoms with Gasteiger partial charge in [0.25, 0.3) is 5.88 Å². The summed E-state index contributed by atoms with van der Waals surface area (Å²) < 4.78 is 10.7. The van der Waals surface area contributed by atoms with E-state index < -0.39 is 0 Å². The lowest BCUT2D eigenvalue weighted by atomic mass is 10.1. The third-order valence-corrected chi connectivity index (χ3v) is 3.77. The Kier molecular flexibility index (Phi) is 7.51. The minimum atomic E-state index is 0.232. The second kappa shape index (κ2) is 10.1. The number of nitriles is 1. The zero-order chi connectivity index (χ0) is 17.9. The van der Waals surface area contributed by atoms with Gasteiger partial charge in [-0.3, -0.25) is 0 Å². The molecule has 0 aliphatic carbocycles. The number of nitrogens with one attached hydrogen (secondary N) is 1. The highest BCUT2D eigenvalue weighted by molar-refractivity contribution is 5.80. The molecule has 1 N–H and O–H groups in total. The van der Waals surface area contributed by atoms with Crippen molar-refractivity contribution >= 4 is 12.1 Å². The van der Waals surface area contributed by atoms with Gasteiger partial charge in [-0.1, -0.05) is 32.6 Å². The zero-order valence-electron chi connectivity index (χ0n) is 14.8. The average Bonchev–Trinajstić information content (AvgIpc) is 3.04. The Labute approximate surface area is 148 Å². The number of oxazole rings is 1. The molecule has 0 bridgehead atoms. The molecule has 132 valence electrons. The molecule has 0 atom stereocenters. The van der Waals surface area contributed by atoms with Gasteiger partial charge in [-0.2, -0.15) is 10.4 Å². The summed E-state index contributed by atoms with van der Waals surface area (Å²) in [6, 6.07) is 9.51. The van der Waals surface area contributed by atoms with Gasteiger partial charge in [0.15, 0.2) is 5.89 Å². The van der Waals surface area contributed by atoms with Crippen molar-refractivity contribution in [2.24, 2.45) is 5.10 Å². The topological polar surface area (TPSA) is 83.4 Å². The first-order chi connectivity index (χ1) is 12.3. The molecule has 0 spiro atoms. The Morgan fingerprint density at radius 2 is 2.00 bits per heavy atom. The van der Waals surface area contributed by atoms with Gasteiger partial charge in [0.1, 0.15) is 11.8 Å². The number of unbranched alkanes of at least 4 members (excludes halogenated alkanes) is 4. The number of rotatable bonds is 10. The van der Waals surface area contributed by atoms with Crippen LogP contribution < -0.4 is 10.2 Å². The van der Waals surface area contributed by atoms with Crippen LogP contribution in [0.2, 0.25) is 0 Å². The molecule has 6 heteroatoms. The largest absolute Gasteiger partial charge is 0.497 e. The summed E-state index contributed by atoms with van der Waals surface area (Å²) in [6.07, 6.45) is 8.24. The van der Waals surface area contributed by atoms with Crippen LogP contribution >= 0.6 is 0 Å². The quantitative estimate of drug-likeness (QED) is 0.391. The van der Waals surface area contributed by atoms with Crippen molar-refractivity contribution in [3.05, 3.63) is 41.4 Å². The number of aryl methyl sites for hydroxylation is 1. The van der Waals surface area contributed by atoms with E-state index in [1.165, 1.54) is 19.3 Å². The molecule has 0 radical (unpaired) electrons. The van der Waals surface area contributed by atoms with E-state index in [0.29, 0.717) is 5.89 Å². The second-order valence-corrected chi connectivity index (χ2v) is 5.70. The van der Waals surface area contributed by atoms with E-state index in [1.807, 2.05) is 30.3 Å². The monoisotopic (exact) mass is 340 g/mol. The molecule has 0 saturated heterocycles. The number of hydrazone groups is 1. The van der Waals surface area contributed by atoms with Crippen molar-refractivity contribution < 1.29 is 9.15 Å². The molecule has 1 heterocycles. The fraction of sp³-hybridized carbons (Fsp3) is 0.421. The number of hydrogen-bond acceptors (Lipinski definition) is 6. The Bertz CT molecular complexity index is 714. The first-order valence-electron chi connectivity index (χ1n) is 8.59. The van der Waals surface area contributed by atoms with E-state index >= 15 is 0 Å². The van der Waals surface area contributed by atoms with Crippen molar-refractivity contribution in [3.8, 4) is 11.8 Å². The summed E-state index contributed by atoms with van der Waals surface area (Å²) in [5.74, 6) is 1.65. The van der Waals surface area contributed by atoms with E-state index in [-0.39, 0.29) is 11.6 Å². The van der Waals surface area contributed by atoms with Gasteiger partial charge >= 0.3 is 0 Å². The Balaban J connectivity index is 1.89. The molecular formula is C19H24N4O2. The van der Waals surface area contributed by atoms with E-state index in [4.69, 9.17) is 14.4 Å². The Morgan fingerprint density at radius 1 is 1.24 bits per heavy atom. The standard InChI is InChI=1S/C19H24N4O2/c1-3-4-5-6-7-8-18-22-17(13-20)19(25-18)23-21-14-15-9-11-16(24-2)12-10-15/h9-12,14,23H,3-8H2,1-2H3/b21-14-. The number of hydrogen-bond donors (Lipinski definition) is 1. The SMILES string of the molecule is CCCCCCCc1nc(C#N)c(N/N=C\c2ccc(OC)cc2)o1. The van der Waals surface area contributed by atoms with E-state index in [2.05, 4.69) is 22.4 Å². The van der Waals surface area contributed by atoms with Crippen molar-refractivity contribution in [1.29, 1.82) is 5.26 Å². The van der Waals surface area contributed by atoms with Crippen LogP contribution in [-0.2, 0) is 6.42 Å². The van der Waals surface area contributed by atoms with Crippen molar-refractivity contribution in [1.82, 2.24) is 4.98 Å². The summed E-state index contributed by atoms with van der Waals surface area (Å²) in [7, 11) is 1.62. The molecule has 0 aliphatic rings. The van der Waals surface area contributed by atoms with Gasteiger partial charge in [0.2, 0.25) is 5.69 Å². The number of aromatic nitrogens is 1. The van der Waals surface area contributed by atoms with Crippen LogP contribution in [0.4, 0.5) is 5.88 Å². The summed E-state index contributed by atoms with van der Waals surface area (Å²) >= 11 is 0. The second-order valence-electron chi connectivity index (χ2n) is 5.70. The summed E-state index contributed by atoms with van der Waals surface area (Å²) in [5.41, 5.74) is 3.90. The molecule has 0 fully saturated rings. The van der Waals surface area contributed by atoms with Crippen molar-refractivity contribution in [2.75, 3.05) is 12.5 Å². The maximum absolute atomic E-state index is 9.17. The fourth-order valence-corrected chi connectivity index (χ4v) is 2.36. The Morgan fingerprint density at radius 3 is 2.68 bits per heavy atom. The molecule has 2 aromatic rings. The van der Waals surface area contributed by atoms with E-state index in [0.717, 1.165) is 30.6 Å². The molecule has 6 nitrogen and oxygen atoms in total.